The van der Waals surface area contributed by atoms with E-state index in [1.54, 1.807) is 25.3 Å². The molecular weight excluding hydrogens is 282 g/mol. The summed E-state index contributed by atoms with van der Waals surface area (Å²) in [5.41, 5.74) is 0.562. The number of ether oxygens (including phenoxy) is 3. The van der Waals surface area contributed by atoms with E-state index in [9.17, 15) is 4.79 Å². The van der Waals surface area contributed by atoms with E-state index in [1.807, 2.05) is 13.0 Å². The van der Waals surface area contributed by atoms with E-state index < -0.39 is 5.97 Å². The van der Waals surface area contributed by atoms with Crippen molar-refractivity contribution in [3.05, 3.63) is 42.0 Å². The van der Waals surface area contributed by atoms with Crippen LogP contribution in [0.25, 0.3) is 6.08 Å². The first-order chi connectivity index (χ1) is 10.7. The average Bonchev–Trinajstić information content (AvgIpc) is 2.55. The van der Waals surface area contributed by atoms with Crippen LogP contribution in [0.1, 0.15) is 18.9 Å². The Hall–Kier alpha value is -2.74. The van der Waals surface area contributed by atoms with Crippen molar-refractivity contribution in [2.24, 2.45) is 0 Å². The molecule has 0 bridgehead atoms. The normalized spacial score (nSPS) is 10.5. The van der Waals surface area contributed by atoms with Crippen molar-refractivity contribution in [3.8, 4) is 17.6 Å². The first kappa shape index (κ1) is 17.3. The van der Waals surface area contributed by atoms with Gasteiger partial charge in [-0.05, 0) is 30.2 Å². The number of hydrogen-bond donors (Lipinski definition) is 0. The summed E-state index contributed by atoms with van der Waals surface area (Å²) in [6, 6.07) is 7.00. The number of benzene rings is 1. The molecule has 0 fully saturated rings. The van der Waals surface area contributed by atoms with Crippen LogP contribution in [-0.4, -0.2) is 26.3 Å². The highest BCUT2D eigenvalue weighted by atomic mass is 16.5. The summed E-state index contributed by atoms with van der Waals surface area (Å²) in [5.74, 6) is 0.474. The van der Waals surface area contributed by atoms with Gasteiger partial charge in [0.15, 0.2) is 11.5 Å². The molecule has 0 unspecified atom stereocenters. The van der Waals surface area contributed by atoms with Gasteiger partial charge in [0, 0.05) is 0 Å². The Bertz CT molecular complexity index is 599. The quantitative estimate of drug-likeness (QED) is 0.319. The highest BCUT2D eigenvalue weighted by molar-refractivity contribution is 5.98. The third-order valence-electron chi connectivity index (χ3n) is 2.63. The van der Waals surface area contributed by atoms with Crippen LogP contribution < -0.4 is 9.47 Å². The van der Waals surface area contributed by atoms with E-state index >= 15 is 0 Å². The fourth-order valence-corrected chi connectivity index (χ4v) is 1.62. The molecule has 0 saturated carbocycles. The molecule has 0 spiro atoms. The van der Waals surface area contributed by atoms with Gasteiger partial charge >= 0.3 is 5.97 Å². The fraction of sp³-hybridized carbons (Fsp3) is 0.294. The van der Waals surface area contributed by atoms with Crippen LogP contribution in [0, 0.1) is 11.3 Å². The van der Waals surface area contributed by atoms with Crippen molar-refractivity contribution < 1.29 is 19.0 Å². The van der Waals surface area contributed by atoms with Crippen molar-refractivity contribution in [1.82, 2.24) is 0 Å². The number of nitriles is 1. The fourth-order valence-electron chi connectivity index (χ4n) is 1.62. The number of carbonyl (C=O) groups is 1. The molecule has 22 heavy (non-hydrogen) atoms. The minimum absolute atomic E-state index is 0.0608. The average molecular weight is 301 g/mol. The summed E-state index contributed by atoms with van der Waals surface area (Å²) in [4.78, 5) is 11.7. The van der Waals surface area contributed by atoms with Gasteiger partial charge in [-0.1, -0.05) is 25.6 Å². The number of esters is 1. The largest absolute Gasteiger partial charge is 0.493 e. The van der Waals surface area contributed by atoms with E-state index in [0.717, 1.165) is 6.42 Å². The maximum atomic E-state index is 11.7. The van der Waals surface area contributed by atoms with Gasteiger partial charge < -0.3 is 14.2 Å². The molecule has 0 N–H and O–H groups in total. The second-order valence-corrected chi connectivity index (χ2v) is 4.32. The maximum Gasteiger partial charge on any atom is 0.349 e. The third-order valence-corrected chi connectivity index (χ3v) is 2.63. The molecule has 5 heteroatoms. The van der Waals surface area contributed by atoms with Crippen molar-refractivity contribution in [2.75, 3.05) is 20.3 Å². The Morgan fingerprint density at radius 3 is 2.77 bits per heavy atom. The number of rotatable bonds is 8. The minimum atomic E-state index is -0.686. The van der Waals surface area contributed by atoms with Gasteiger partial charge in [0.25, 0.3) is 0 Å². The summed E-state index contributed by atoms with van der Waals surface area (Å²) in [7, 11) is 1.55. The lowest BCUT2D eigenvalue weighted by Crippen LogP contribution is -2.06. The zero-order valence-electron chi connectivity index (χ0n) is 12.8. The van der Waals surface area contributed by atoms with Gasteiger partial charge in [-0.15, -0.1) is 0 Å². The van der Waals surface area contributed by atoms with Crippen molar-refractivity contribution in [2.45, 2.75) is 13.3 Å². The van der Waals surface area contributed by atoms with Crippen LogP contribution in [0.15, 0.2) is 36.4 Å². The molecular formula is C17H19NO4. The second-order valence-electron chi connectivity index (χ2n) is 4.32. The predicted molar refractivity (Wildman–Crippen MR) is 83.5 cm³/mol. The van der Waals surface area contributed by atoms with E-state index in [-0.39, 0.29) is 12.2 Å². The van der Waals surface area contributed by atoms with E-state index in [2.05, 4.69) is 6.58 Å². The number of nitrogens with zero attached hydrogens (tertiary/aromatic N) is 1. The van der Waals surface area contributed by atoms with Gasteiger partial charge in [-0.25, -0.2) is 4.79 Å². The van der Waals surface area contributed by atoms with Gasteiger partial charge in [-0.3, -0.25) is 0 Å². The molecule has 1 aromatic carbocycles. The van der Waals surface area contributed by atoms with E-state index in [0.29, 0.717) is 23.7 Å². The van der Waals surface area contributed by atoms with Crippen LogP contribution in [-0.2, 0) is 9.53 Å². The van der Waals surface area contributed by atoms with Crippen LogP contribution in [0.4, 0.5) is 0 Å². The molecule has 0 aliphatic heterocycles. The molecule has 0 amide bonds. The summed E-state index contributed by atoms with van der Waals surface area (Å²) in [6.45, 7) is 6.06. The lowest BCUT2D eigenvalue weighted by molar-refractivity contribution is -0.137. The molecule has 1 aromatic rings. The first-order valence-corrected chi connectivity index (χ1v) is 6.86. The highest BCUT2D eigenvalue weighted by Crippen LogP contribution is 2.29. The summed E-state index contributed by atoms with van der Waals surface area (Å²) < 4.78 is 15.7. The molecule has 0 aliphatic rings. The second kappa shape index (κ2) is 9.24. The zero-order chi connectivity index (χ0) is 16.4. The lowest BCUT2D eigenvalue weighted by Gasteiger charge is -2.10. The van der Waals surface area contributed by atoms with Crippen molar-refractivity contribution >= 4 is 12.0 Å². The Labute approximate surface area is 130 Å². The monoisotopic (exact) mass is 301 g/mol. The van der Waals surface area contributed by atoms with Gasteiger partial charge in [0.1, 0.15) is 18.2 Å². The summed E-state index contributed by atoms with van der Waals surface area (Å²) in [6.07, 6.45) is 3.75. The van der Waals surface area contributed by atoms with Gasteiger partial charge in [0.05, 0.1) is 13.7 Å². The number of hydrogen-bond acceptors (Lipinski definition) is 5. The van der Waals surface area contributed by atoms with E-state index in [1.165, 1.54) is 12.2 Å². The zero-order valence-corrected chi connectivity index (χ0v) is 12.8. The van der Waals surface area contributed by atoms with Crippen LogP contribution in [0.5, 0.6) is 11.5 Å². The third kappa shape index (κ3) is 4.98. The van der Waals surface area contributed by atoms with Crippen molar-refractivity contribution in [1.29, 1.82) is 5.26 Å². The molecule has 0 radical (unpaired) electrons. The summed E-state index contributed by atoms with van der Waals surface area (Å²) >= 11 is 0. The Morgan fingerprint density at radius 2 is 2.18 bits per heavy atom. The maximum absolute atomic E-state index is 11.7. The molecule has 0 aromatic heterocycles. The minimum Gasteiger partial charge on any atom is -0.493 e. The number of methoxy groups -OCH3 is 1. The lowest BCUT2D eigenvalue weighted by atomic mass is 10.1. The SMILES string of the molecule is C=CCOC(=O)/C(C#N)=C\c1ccc(OC)c(OCCC)c1. The standard InChI is InChI=1S/C17H19NO4/c1-4-8-21-16-11-13(6-7-15(16)20-3)10-14(12-18)17(19)22-9-5-2/h5-7,10-11H,2,4,8-9H2,1,3H3/b14-10-. The molecule has 1 rings (SSSR count). The highest BCUT2D eigenvalue weighted by Gasteiger charge is 2.11. The molecule has 0 heterocycles. The molecule has 5 nitrogen and oxygen atoms in total. The topological polar surface area (TPSA) is 68.6 Å². The first-order valence-electron chi connectivity index (χ1n) is 6.86. The van der Waals surface area contributed by atoms with Crippen LogP contribution in [0.2, 0.25) is 0 Å². The Balaban J connectivity index is 3.04. The Morgan fingerprint density at radius 1 is 1.41 bits per heavy atom. The van der Waals surface area contributed by atoms with Crippen LogP contribution in [0.3, 0.4) is 0 Å². The molecule has 0 saturated heterocycles. The Kier molecular flexibility index (Phi) is 7.27. The van der Waals surface area contributed by atoms with Gasteiger partial charge in [0.2, 0.25) is 0 Å². The molecule has 116 valence electrons. The predicted octanol–water partition coefficient (Wildman–Crippen LogP) is 3.12. The van der Waals surface area contributed by atoms with Gasteiger partial charge in [-0.2, -0.15) is 5.26 Å². The van der Waals surface area contributed by atoms with Crippen molar-refractivity contribution in [3.63, 3.8) is 0 Å². The smallest absolute Gasteiger partial charge is 0.349 e. The number of carbonyl (C=O) groups excluding carboxylic acids is 1. The molecule has 0 atom stereocenters. The summed E-state index contributed by atoms with van der Waals surface area (Å²) in [5, 5.41) is 9.07. The van der Waals surface area contributed by atoms with E-state index in [4.69, 9.17) is 19.5 Å². The van der Waals surface area contributed by atoms with Crippen LogP contribution >= 0.6 is 0 Å². The molecule has 0 aliphatic carbocycles.